The molecule has 1 N–H and O–H groups in total. The summed E-state index contributed by atoms with van der Waals surface area (Å²) in [5.74, 6) is 0.443. The standard InChI is InChI=1S/C15H22BrNO/c1-10-6-7-12(16)8-13(10)14(18)17-9-11(2)15(3,4)5/h6-8,11H,9H2,1-5H3,(H,17,18). The van der Waals surface area contributed by atoms with Gasteiger partial charge in [0.05, 0.1) is 0 Å². The Hall–Kier alpha value is -0.830. The minimum absolute atomic E-state index is 0.00454. The highest BCUT2D eigenvalue weighted by Crippen LogP contribution is 2.24. The summed E-state index contributed by atoms with van der Waals surface area (Å²) < 4.78 is 0.933. The molecule has 0 heterocycles. The monoisotopic (exact) mass is 311 g/mol. The van der Waals surface area contributed by atoms with Crippen molar-refractivity contribution in [2.75, 3.05) is 6.54 Å². The van der Waals surface area contributed by atoms with Gasteiger partial charge in [0, 0.05) is 16.6 Å². The Kier molecular flexibility index (Phi) is 4.97. The normalized spacial score (nSPS) is 13.2. The predicted octanol–water partition coefficient (Wildman–Crippen LogP) is 4.17. The number of carbonyl (C=O) groups is 1. The molecule has 0 aliphatic heterocycles. The van der Waals surface area contributed by atoms with E-state index in [0.717, 1.165) is 15.6 Å². The summed E-state index contributed by atoms with van der Waals surface area (Å²) in [6, 6.07) is 5.77. The Morgan fingerprint density at radius 3 is 2.56 bits per heavy atom. The second kappa shape index (κ2) is 5.87. The average Bonchev–Trinajstić information content (AvgIpc) is 2.27. The molecular formula is C15H22BrNO. The summed E-state index contributed by atoms with van der Waals surface area (Å²) in [4.78, 5) is 12.1. The minimum atomic E-state index is 0.00454. The summed E-state index contributed by atoms with van der Waals surface area (Å²) in [6.45, 7) is 11.4. The van der Waals surface area contributed by atoms with Crippen molar-refractivity contribution in [2.24, 2.45) is 11.3 Å². The first-order valence-corrected chi connectivity index (χ1v) is 7.05. The summed E-state index contributed by atoms with van der Waals surface area (Å²) >= 11 is 3.40. The second-order valence-electron chi connectivity index (χ2n) is 5.94. The fraction of sp³-hybridized carbons (Fsp3) is 0.533. The number of nitrogens with one attached hydrogen (secondary N) is 1. The molecule has 0 bridgehead atoms. The van der Waals surface area contributed by atoms with Gasteiger partial charge in [-0.25, -0.2) is 0 Å². The van der Waals surface area contributed by atoms with Crippen LogP contribution in [0.2, 0.25) is 0 Å². The molecule has 0 fully saturated rings. The van der Waals surface area contributed by atoms with Crippen molar-refractivity contribution in [3.63, 3.8) is 0 Å². The molecule has 3 heteroatoms. The third kappa shape index (κ3) is 4.13. The minimum Gasteiger partial charge on any atom is -0.352 e. The van der Waals surface area contributed by atoms with Crippen LogP contribution in [0, 0.1) is 18.3 Å². The van der Waals surface area contributed by atoms with Crippen LogP contribution in [0.25, 0.3) is 0 Å². The van der Waals surface area contributed by atoms with E-state index in [2.05, 4.69) is 48.9 Å². The zero-order valence-corrected chi connectivity index (χ0v) is 13.4. The van der Waals surface area contributed by atoms with Crippen LogP contribution in [0.3, 0.4) is 0 Å². The van der Waals surface area contributed by atoms with Crippen LogP contribution in [0.15, 0.2) is 22.7 Å². The molecule has 0 spiro atoms. The Balaban J connectivity index is 2.69. The van der Waals surface area contributed by atoms with E-state index in [4.69, 9.17) is 0 Å². The molecule has 1 amide bonds. The highest BCUT2D eigenvalue weighted by molar-refractivity contribution is 9.10. The molecular weight excluding hydrogens is 290 g/mol. The molecule has 1 rings (SSSR count). The number of hydrogen-bond acceptors (Lipinski definition) is 1. The van der Waals surface area contributed by atoms with E-state index < -0.39 is 0 Å². The lowest BCUT2D eigenvalue weighted by Crippen LogP contribution is -2.34. The van der Waals surface area contributed by atoms with Gasteiger partial charge in [-0.1, -0.05) is 49.7 Å². The Morgan fingerprint density at radius 2 is 2.00 bits per heavy atom. The van der Waals surface area contributed by atoms with Crippen LogP contribution in [0.4, 0.5) is 0 Å². The van der Waals surface area contributed by atoms with E-state index >= 15 is 0 Å². The van der Waals surface area contributed by atoms with Crippen molar-refractivity contribution in [1.82, 2.24) is 5.32 Å². The number of halogens is 1. The fourth-order valence-corrected chi connectivity index (χ4v) is 1.85. The van der Waals surface area contributed by atoms with Gasteiger partial charge >= 0.3 is 0 Å². The lowest BCUT2D eigenvalue weighted by Gasteiger charge is -2.27. The first kappa shape index (κ1) is 15.2. The third-order valence-corrected chi connectivity index (χ3v) is 3.98. The quantitative estimate of drug-likeness (QED) is 0.892. The molecule has 1 unspecified atom stereocenters. The Bertz CT molecular complexity index is 435. The van der Waals surface area contributed by atoms with Gasteiger partial charge < -0.3 is 5.32 Å². The first-order valence-electron chi connectivity index (χ1n) is 6.26. The molecule has 0 aliphatic carbocycles. The van der Waals surface area contributed by atoms with Gasteiger partial charge in [-0.2, -0.15) is 0 Å². The summed E-state index contributed by atoms with van der Waals surface area (Å²) in [6.07, 6.45) is 0. The number of hydrogen-bond donors (Lipinski definition) is 1. The Labute approximate surface area is 118 Å². The van der Waals surface area contributed by atoms with Crippen molar-refractivity contribution >= 4 is 21.8 Å². The lowest BCUT2D eigenvalue weighted by atomic mass is 9.82. The van der Waals surface area contributed by atoms with Gasteiger partial charge in [-0.05, 0) is 36.0 Å². The molecule has 0 aromatic heterocycles. The lowest BCUT2D eigenvalue weighted by molar-refractivity contribution is 0.0936. The van der Waals surface area contributed by atoms with Gasteiger partial charge in [0.1, 0.15) is 0 Å². The van der Waals surface area contributed by atoms with Crippen LogP contribution < -0.4 is 5.32 Å². The number of amides is 1. The van der Waals surface area contributed by atoms with E-state index in [-0.39, 0.29) is 11.3 Å². The Morgan fingerprint density at radius 1 is 1.39 bits per heavy atom. The van der Waals surface area contributed by atoms with Crippen LogP contribution in [-0.2, 0) is 0 Å². The highest BCUT2D eigenvalue weighted by Gasteiger charge is 2.20. The fourth-order valence-electron chi connectivity index (χ4n) is 1.49. The van der Waals surface area contributed by atoms with E-state index in [1.807, 2.05) is 25.1 Å². The summed E-state index contributed by atoms with van der Waals surface area (Å²) in [5, 5.41) is 3.01. The zero-order chi connectivity index (χ0) is 13.9. The maximum absolute atomic E-state index is 12.1. The van der Waals surface area contributed by atoms with Crippen molar-refractivity contribution in [3.8, 4) is 0 Å². The van der Waals surface area contributed by atoms with Crippen molar-refractivity contribution in [3.05, 3.63) is 33.8 Å². The molecule has 0 radical (unpaired) electrons. The number of rotatable bonds is 3. The number of carbonyl (C=O) groups excluding carboxylic acids is 1. The van der Waals surface area contributed by atoms with Gasteiger partial charge in [0.25, 0.3) is 5.91 Å². The molecule has 100 valence electrons. The summed E-state index contributed by atoms with van der Waals surface area (Å²) in [7, 11) is 0. The van der Waals surface area contributed by atoms with Crippen molar-refractivity contribution < 1.29 is 4.79 Å². The molecule has 1 aromatic rings. The zero-order valence-electron chi connectivity index (χ0n) is 11.8. The van der Waals surface area contributed by atoms with Crippen LogP contribution in [0.1, 0.15) is 43.6 Å². The molecule has 1 atom stereocenters. The highest BCUT2D eigenvalue weighted by atomic mass is 79.9. The van der Waals surface area contributed by atoms with Crippen molar-refractivity contribution in [1.29, 1.82) is 0 Å². The van der Waals surface area contributed by atoms with Crippen LogP contribution in [0.5, 0.6) is 0 Å². The number of benzene rings is 1. The van der Waals surface area contributed by atoms with Crippen LogP contribution in [-0.4, -0.2) is 12.5 Å². The van der Waals surface area contributed by atoms with E-state index in [0.29, 0.717) is 12.5 Å². The molecule has 2 nitrogen and oxygen atoms in total. The van der Waals surface area contributed by atoms with E-state index in [1.165, 1.54) is 0 Å². The maximum Gasteiger partial charge on any atom is 0.251 e. The third-order valence-electron chi connectivity index (χ3n) is 3.49. The number of aryl methyl sites for hydroxylation is 1. The largest absolute Gasteiger partial charge is 0.352 e. The second-order valence-corrected chi connectivity index (χ2v) is 6.85. The van der Waals surface area contributed by atoms with E-state index in [9.17, 15) is 4.79 Å². The predicted molar refractivity (Wildman–Crippen MR) is 79.8 cm³/mol. The topological polar surface area (TPSA) is 29.1 Å². The summed E-state index contributed by atoms with van der Waals surface area (Å²) in [5.41, 5.74) is 1.95. The van der Waals surface area contributed by atoms with Gasteiger partial charge in [0.2, 0.25) is 0 Å². The maximum atomic E-state index is 12.1. The molecule has 0 saturated carbocycles. The average molecular weight is 312 g/mol. The SMILES string of the molecule is Cc1ccc(Br)cc1C(=O)NCC(C)C(C)(C)C. The molecule has 1 aromatic carbocycles. The molecule has 0 saturated heterocycles. The van der Waals surface area contributed by atoms with Gasteiger partial charge in [-0.3, -0.25) is 4.79 Å². The van der Waals surface area contributed by atoms with Crippen LogP contribution >= 0.6 is 15.9 Å². The van der Waals surface area contributed by atoms with E-state index in [1.54, 1.807) is 0 Å². The van der Waals surface area contributed by atoms with Crippen molar-refractivity contribution in [2.45, 2.75) is 34.6 Å². The molecule has 18 heavy (non-hydrogen) atoms. The van der Waals surface area contributed by atoms with Gasteiger partial charge in [-0.15, -0.1) is 0 Å². The smallest absolute Gasteiger partial charge is 0.251 e. The first-order chi connectivity index (χ1) is 8.21. The van der Waals surface area contributed by atoms with Gasteiger partial charge in [0.15, 0.2) is 0 Å². The molecule has 0 aliphatic rings.